The molecule has 0 unspecified atom stereocenters. The van der Waals surface area contributed by atoms with Gasteiger partial charge >= 0.3 is 5.97 Å². The summed E-state index contributed by atoms with van der Waals surface area (Å²) in [5.41, 5.74) is 2.14. The van der Waals surface area contributed by atoms with Gasteiger partial charge in [0, 0.05) is 61.2 Å². The van der Waals surface area contributed by atoms with Crippen molar-refractivity contribution in [1.82, 2.24) is 45.9 Å². The highest BCUT2D eigenvalue weighted by Gasteiger charge is 2.47. The lowest BCUT2D eigenvalue weighted by Crippen LogP contribution is -2.52. The molecule has 0 radical (unpaired) electrons. The number of nitrogens with zero attached hydrogens (tertiary/aromatic N) is 4. The lowest BCUT2D eigenvalue weighted by Gasteiger charge is -2.36. The van der Waals surface area contributed by atoms with Gasteiger partial charge in [-0.3, -0.25) is 48.1 Å². The zero-order chi connectivity index (χ0) is 57.0. The summed E-state index contributed by atoms with van der Waals surface area (Å²) in [5, 5.41) is 25.0. The van der Waals surface area contributed by atoms with Crippen molar-refractivity contribution in [3.63, 3.8) is 0 Å². The molecule has 1 fully saturated rings. The van der Waals surface area contributed by atoms with Gasteiger partial charge < -0.3 is 50.6 Å². The van der Waals surface area contributed by atoms with Crippen molar-refractivity contribution >= 4 is 64.1 Å². The van der Waals surface area contributed by atoms with Crippen molar-refractivity contribution < 1.29 is 62.1 Å². The highest BCUT2D eigenvalue weighted by molar-refractivity contribution is 6.12. The van der Waals surface area contributed by atoms with Crippen LogP contribution in [-0.4, -0.2) is 130 Å². The number of cyclic esters (lactones) is 1. The molecule has 9 rings (SSSR count). The van der Waals surface area contributed by atoms with E-state index in [4.69, 9.17) is 14.5 Å². The Labute approximate surface area is 459 Å². The Hall–Kier alpha value is -8.18. The van der Waals surface area contributed by atoms with Gasteiger partial charge in [-0.1, -0.05) is 50.1 Å². The number of nitrogens with one attached hydrogen (secondary N) is 5. The molecule has 80 heavy (non-hydrogen) atoms. The molecule has 4 atom stereocenters. The van der Waals surface area contributed by atoms with Crippen LogP contribution in [0.4, 0.5) is 4.39 Å². The number of aromatic nitrogens is 2. The summed E-state index contributed by atoms with van der Waals surface area (Å²) in [7, 11) is 1.66. The van der Waals surface area contributed by atoms with Gasteiger partial charge in [0.25, 0.3) is 23.3 Å². The maximum atomic E-state index is 15.6. The largest absolute Gasteiger partial charge is 0.458 e. The number of carbonyl (C=O) groups excluding carboxylic acids is 9. The topological polar surface area (TPSA) is 294 Å². The summed E-state index contributed by atoms with van der Waals surface area (Å²) in [6.45, 7) is 1.68. The molecule has 0 bridgehead atoms. The van der Waals surface area contributed by atoms with Crippen LogP contribution in [0.2, 0.25) is 0 Å². The average molecular weight is 1100 g/mol. The number of fused-ring (bicyclic) bond motifs is 5. The van der Waals surface area contributed by atoms with Gasteiger partial charge in [0.05, 0.1) is 54.7 Å². The first kappa shape index (κ1) is 56.5. The second kappa shape index (κ2) is 24.0. The summed E-state index contributed by atoms with van der Waals surface area (Å²) in [4.78, 5) is 138. The fourth-order valence-corrected chi connectivity index (χ4v) is 11.1. The number of esters is 1. The Kier molecular flexibility index (Phi) is 17.0. The van der Waals surface area contributed by atoms with Crippen molar-refractivity contribution in [3.8, 4) is 11.4 Å². The van der Waals surface area contributed by atoms with Crippen molar-refractivity contribution in [1.29, 1.82) is 0 Å². The third kappa shape index (κ3) is 11.9. The number of benzene rings is 2. The van der Waals surface area contributed by atoms with E-state index in [0.29, 0.717) is 95.9 Å². The van der Waals surface area contributed by atoms with Gasteiger partial charge in [-0.25, -0.2) is 14.2 Å². The number of rotatable bonds is 24. The number of likely N-dealkylation sites (N-methyl/N-ethyl adjacent to an activating group) is 1. The lowest BCUT2D eigenvalue weighted by molar-refractivity contribution is -0.172. The van der Waals surface area contributed by atoms with E-state index in [2.05, 4.69) is 26.6 Å². The van der Waals surface area contributed by atoms with Gasteiger partial charge in [-0.05, 0) is 86.1 Å². The number of pyridine rings is 2. The van der Waals surface area contributed by atoms with Crippen LogP contribution in [0, 0.1) is 18.7 Å². The molecule has 422 valence electrons. The molecule has 2 aliphatic carbocycles. The lowest BCUT2D eigenvalue weighted by atomic mass is 9.81. The van der Waals surface area contributed by atoms with Crippen LogP contribution < -0.4 is 32.1 Å². The number of aliphatic hydroxyl groups is 1. The van der Waals surface area contributed by atoms with E-state index in [9.17, 15) is 53.1 Å². The van der Waals surface area contributed by atoms with Crippen molar-refractivity contribution in [2.45, 2.75) is 121 Å². The van der Waals surface area contributed by atoms with Crippen LogP contribution in [0.15, 0.2) is 59.4 Å². The molecule has 22 nitrogen and oxygen atoms in total. The quantitative estimate of drug-likeness (QED) is 0.0222. The molecular weight excluding hydrogens is 1040 g/mol. The van der Waals surface area contributed by atoms with Gasteiger partial charge in [0.1, 0.15) is 31.3 Å². The van der Waals surface area contributed by atoms with E-state index >= 15 is 4.39 Å². The molecule has 2 aromatic carbocycles. The van der Waals surface area contributed by atoms with E-state index in [-0.39, 0.29) is 80.5 Å². The monoisotopic (exact) mass is 1100 g/mol. The second-order valence-corrected chi connectivity index (χ2v) is 20.9. The van der Waals surface area contributed by atoms with Gasteiger partial charge in [-0.2, -0.15) is 0 Å². The minimum Gasteiger partial charge on any atom is -0.458 e. The highest BCUT2D eigenvalue weighted by atomic mass is 19.1. The van der Waals surface area contributed by atoms with Gasteiger partial charge in [-0.15, -0.1) is 0 Å². The van der Waals surface area contributed by atoms with Gasteiger partial charge in [0.15, 0.2) is 5.60 Å². The third-order valence-corrected chi connectivity index (χ3v) is 15.5. The number of amides is 8. The van der Waals surface area contributed by atoms with Crippen LogP contribution in [0.1, 0.15) is 110 Å². The molecule has 23 heteroatoms. The van der Waals surface area contributed by atoms with E-state index in [1.165, 1.54) is 22.8 Å². The van der Waals surface area contributed by atoms with Gasteiger partial charge in [0.2, 0.25) is 29.5 Å². The number of unbranched alkanes of at least 4 members (excludes halogenated alkanes) is 2. The number of carbonyl (C=O) groups is 9. The molecule has 6 N–H and O–H groups in total. The molecule has 8 amide bonds. The molecule has 4 aromatic rings. The minimum atomic E-state index is -2.05. The normalized spacial score (nSPS) is 18.4. The van der Waals surface area contributed by atoms with Crippen LogP contribution in [0.3, 0.4) is 0 Å². The highest BCUT2D eigenvalue weighted by Crippen LogP contribution is 2.48. The Morgan fingerprint density at radius 1 is 0.875 bits per heavy atom. The predicted molar refractivity (Wildman–Crippen MR) is 284 cm³/mol. The molecule has 5 heterocycles. The zero-order valence-electron chi connectivity index (χ0n) is 44.7. The summed E-state index contributed by atoms with van der Waals surface area (Å²) in [6.07, 6.45) is 5.80. The number of hydrogen-bond donors (Lipinski definition) is 6. The molecule has 3 aliphatic heterocycles. The maximum Gasteiger partial charge on any atom is 0.343 e. The number of ether oxygens (including phenoxy) is 2. The smallest absolute Gasteiger partial charge is 0.343 e. The molecule has 1 saturated carbocycles. The SMILES string of the molecule is CCC[C@@]1(O)C(=O)OCc2c1cc1n(c2=O)Cc2c-1nc1cc(F)c(C)c3c1c2[C@@H](N(C)C(=O)[C@H](OCNC(=O)CNC(=O)[C@H](Cc1ccccc1)NC(=O)CNC(=O)CNC(=O)CCCCCN1C(=O)C=CC1=O)C1CC1)CC3. The second-order valence-electron chi connectivity index (χ2n) is 20.9. The number of hydrogen-bond acceptors (Lipinski definition) is 14. The van der Waals surface area contributed by atoms with E-state index in [1.54, 1.807) is 62.2 Å². The van der Waals surface area contributed by atoms with Crippen LogP contribution >= 0.6 is 0 Å². The first-order valence-electron chi connectivity index (χ1n) is 27.0. The fraction of sp³-hybridized carbons (Fsp3) is 0.456. The first-order valence-corrected chi connectivity index (χ1v) is 27.0. The molecule has 5 aliphatic rings. The third-order valence-electron chi connectivity index (χ3n) is 15.5. The summed E-state index contributed by atoms with van der Waals surface area (Å²) in [6, 6.07) is 10.0. The predicted octanol–water partition coefficient (Wildman–Crippen LogP) is 1.79. The Morgan fingerprint density at radius 3 is 2.30 bits per heavy atom. The molecular formula is C57H64FN9O13. The minimum absolute atomic E-state index is 0.0222. The van der Waals surface area contributed by atoms with E-state index in [1.807, 2.05) is 0 Å². The Balaban J connectivity index is 0.794. The van der Waals surface area contributed by atoms with Crippen LogP contribution in [-0.2, 0) is 84.2 Å². The van der Waals surface area contributed by atoms with Crippen molar-refractivity contribution in [2.24, 2.45) is 5.92 Å². The Bertz CT molecular complexity index is 3270. The summed E-state index contributed by atoms with van der Waals surface area (Å²) in [5.74, 6) is -5.66. The standard InChI is InChI=1S/C57H64FN9O13/c1-4-20-57(78)37-23-42-51-35(28-67(42)54(75)36(37)29-79-56(57)77)50-41(17-16-34-31(2)38(58)24-39(64-51)49(34)50)65(3)55(76)52(33-14-15-33)80-30-62-45(70)26-61-53(74)40(22-32-11-7-5-8-12-32)63-46(71)27-60-44(69)25-59-43(68)13-9-6-10-21-66-47(72)18-19-48(66)73/h5,7-8,11-12,18-19,23-24,33,40-41,52,78H,4,6,9-10,13-17,20-22,25-30H2,1-3H3,(H,59,68)(H,60,69)(H,61,74)(H,62,70)(H,63,71)/t40-,41-,52+,57-/m0/s1. The number of halogens is 1. The van der Waals surface area contributed by atoms with Crippen LogP contribution in [0.5, 0.6) is 0 Å². The van der Waals surface area contributed by atoms with Crippen molar-refractivity contribution in [2.75, 3.05) is 40.0 Å². The zero-order valence-corrected chi connectivity index (χ0v) is 44.7. The molecule has 0 spiro atoms. The summed E-state index contributed by atoms with van der Waals surface area (Å²) < 4.78 is 28.6. The summed E-state index contributed by atoms with van der Waals surface area (Å²) >= 11 is 0. The average Bonchev–Trinajstić information content (AvgIpc) is 4.27. The van der Waals surface area contributed by atoms with E-state index < -0.39 is 90.3 Å². The molecule has 0 saturated heterocycles. The fourth-order valence-electron chi connectivity index (χ4n) is 11.1. The first-order chi connectivity index (χ1) is 38.4. The van der Waals surface area contributed by atoms with E-state index in [0.717, 1.165) is 10.5 Å². The maximum absolute atomic E-state index is 15.6. The number of imide groups is 1. The Morgan fingerprint density at radius 2 is 1.57 bits per heavy atom. The van der Waals surface area contributed by atoms with Crippen molar-refractivity contribution in [3.05, 3.63) is 110 Å². The van der Waals surface area contributed by atoms with Crippen LogP contribution in [0.25, 0.3) is 22.3 Å². The number of aryl methyl sites for hydroxylation is 1. The molecule has 2 aromatic heterocycles.